The largest absolute Gasteiger partial charge is 0.488 e. The minimum absolute atomic E-state index is 0.195. The predicted molar refractivity (Wildman–Crippen MR) is 157 cm³/mol. The van der Waals surface area contributed by atoms with Crippen molar-refractivity contribution in [1.29, 1.82) is 0 Å². The molecule has 0 N–H and O–H groups in total. The van der Waals surface area contributed by atoms with Crippen LogP contribution in [0.1, 0.15) is 35.9 Å². The Balaban J connectivity index is 1.59. The van der Waals surface area contributed by atoms with Crippen LogP contribution < -0.4 is 19.6 Å². The van der Waals surface area contributed by atoms with Gasteiger partial charge in [0.15, 0.2) is 4.80 Å². The highest BCUT2D eigenvalue weighted by Gasteiger charge is 2.33. The molecule has 0 saturated carbocycles. The number of allylic oxidation sites excluding steroid dienone is 1. The number of halogens is 3. The molecule has 6 nitrogen and oxygen atoms in total. The molecule has 39 heavy (non-hydrogen) atoms. The molecule has 1 aliphatic rings. The zero-order chi connectivity index (χ0) is 27.7. The van der Waals surface area contributed by atoms with Crippen molar-refractivity contribution in [3.63, 3.8) is 0 Å². The van der Waals surface area contributed by atoms with E-state index >= 15 is 0 Å². The molecule has 0 fully saturated rings. The summed E-state index contributed by atoms with van der Waals surface area (Å²) in [5.41, 5.74) is 1.97. The van der Waals surface area contributed by atoms with Gasteiger partial charge in [-0.1, -0.05) is 58.3 Å². The molecule has 1 atom stereocenters. The maximum Gasteiger partial charge on any atom is 0.338 e. The van der Waals surface area contributed by atoms with Crippen molar-refractivity contribution in [3.05, 3.63) is 116 Å². The third-order valence-corrected chi connectivity index (χ3v) is 8.72. The standard InChI is InChI=1S/C28H21Cl3N2O4S2/c1-3-36-27(35)24-15(2)32-28-33(25(24)22-5-4-10-38-22)26(34)23(39-28)12-17-11-18(29)8-9-21(17)37-14-16-6-7-19(30)13-20(16)31/h4-13,25H,3,14H2,1-2H3/b23-12-/t25-/m1/s1. The van der Waals surface area contributed by atoms with Gasteiger partial charge in [-0.05, 0) is 61.7 Å². The summed E-state index contributed by atoms with van der Waals surface area (Å²) in [4.78, 5) is 32.7. The van der Waals surface area contributed by atoms with Crippen LogP contribution in [-0.4, -0.2) is 17.1 Å². The Hall–Kier alpha value is -2.88. The monoisotopic (exact) mass is 618 g/mol. The summed E-state index contributed by atoms with van der Waals surface area (Å²) in [7, 11) is 0. The van der Waals surface area contributed by atoms with Crippen LogP contribution in [0.15, 0.2) is 75.0 Å². The molecule has 4 aromatic rings. The number of esters is 1. The number of fused-ring (bicyclic) bond motifs is 1. The van der Waals surface area contributed by atoms with Gasteiger partial charge in [0.05, 0.1) is 22.4 Å². The molecular formula is C28H21Cl3N2O4S2. The van der Waals surface area contributed by atoms with Crippen LogP contribution in [0.2, 0.25) is 15.1 Å². The lowest BCUT2D eigenvalue weighted by molar-refractivity contribution is -0.139. The average Bonchev–Trinajstić information content (AvgIpc) is 3.52. The number of nitrogens with zero attached hydrogens (tertiary/aromatic N) is 2. The van der Waals surface area contributed by atoms with Gasteiger partial charge < -0.3 is 9.47 Å². The number of thiazole rings is 1. The molecule has 0 radical (unpaired) electrons. The molecule has 0 aliphatic carbocycles. The fourth-order valence-corrected chi connectivity index (χ4v) is 6.71. The summed E-state index contributed by atoms with van der Waals surface area (Å²) >= 11 is 21.3. The van der Waals surface area contributed by atoms with Crippen molar-refractivity contribution in [3.8, 4) is 5.75 Å². The quantitative estimate of drug-likeness (QED) is 0.225. The molecule has 11 heteroatoms. The molecule has 0 bridgehead atoms. The summed E-state index contributed by atoms with van der Waals surface area (Å²) in [6.07, 6.45) is 1.73. The van der Waals surface area contributed by atoms with Crippen LogP contribution in [0.5, 0.6) is 5.75 Å². The van der Waals surface area contributed by atoms with Gasteiger partial charge in [-0.2, -0.15) is 0 Å². The fraction of sp³-hybridized carbons (Fsp3) is 0.179. The number of benzene rings is 2. The lowest BCUT2D eigenvalue weighted by Crippen LogP contribution is -2.39. The smallest absolute Gasteiger partial charge is 0.338 e. The van der Waals surface area contributed by atoms with Crippen LogP contribution in [0.3, 0.4) is 0 Å². The number of carbonyl (C=O) groups excluding carboxylic acids is 1. The van der Waals surface area contributed by atoms with E-state index in [1.807, 2.05) is 17.5 Å². The van der Waals surface area contributed by atoms with E-state index in [2.05, 4.69) is 4.99 Å². The Kier molecular flexibility index (Phi) is 8.30. The number of aromatic nitrogens is 1. The first-order valence-corrected chi connectivity index (χ1v) is 14.7. The summed E-state index contributed by atoms with van der Waals surface area (Å²) in [6, 6.07) is 13.5. The van der Waals surface area contributed by atoms with Crippen molar-refractivity contribution >= 4 is 69.5 Å². The van der Waals surface area contributed by atoms with Gasteiger partial charge in [0, 0.05) is 31.1 Å². The lowest BCUT2D eigenvalue weighted by atomic mass is 10.0. The van der Waals surface area contributed by atoms with E-state index in [4.69, 9.17) is 44.3 Å². The molecule has 0 amide bonds. The van der Waals surface area contributed by atoms with Gasteiger partial charge in [0.25, 0.3) is 5.56 Å². The van der Waals surface area contributed by atoms with E-state index in [-0.39, 0.29) is 18.8 Å². The lowest BCUT2D eigenvalue weighted by Gasteiger charge is -2.23. The average molecular weight is 620 g/mol. The Morgan fingerprint density at radius 2 is 1.90 bits per heavy atom. The van der Waals surface area contributed by atoms with Gasteiger partial charge in [-0.25, -0.2) is 9.79 Å². The van der Waals surface area contributed by atoms with E-state index in [9.17, 15) is 9.59 Å². The number of thiophene rings is 1. The van der Waals surface area contributed by atoms with Crippen LogP contribution in [0.4, 0.5) is 0 Å². The molecule has 2 aromatic heterocycles. The van der Waals surface area contributed by atoms with Crippen molar-refractivity contribution in [2.75, 3.05) is 6.61 Å². The second kappa shape index (κ2) is 11.7. The summed E-state index contributed by atoms with van der Waals surface area (Å²) < 4.78 is 13.4. The number of rotatable bonds is 7. The number of carbonyl (C=O) groups is 1. The number of ether oxygens (including phenoxy) is 2. The van der Waals surface area contributed by atoms with Crippen molar-refractivity contribution in [2.24, 2.45) is 4.99 Å². The molecule has 5 rings (SSSR count). The zero-order valence-electron chi connectivity index (χ0n) is 20.7. The van der Waals surface area contributed by atoms with Gasteiger partial charge in [-0.3, -0.25) is 9.36 Å². The van der Waals surface area contributed by atoms with Crippen LogP contribution >= 0.6 is 57.5 Å². The summed E-state index contributed by atoms with van der Waals surface area (Å²) in [6.45, 7) is 3.92. The van der Waals surface area contributed by atoms with Crippen molar-refractivity contribution in [2.45, 2.75) is 26.5 Å². The Morgan fingerprint density at radius 3 is 2.62 bits per heavy atom. The maximum atomic E-state index is 13.8. The second-order valence-corrected chi connectivity index (χ2v) is 11.8. The molecule has 2 aromatic carbocycles. The van der Waals surface area contributed by atoms with Crippen LogP contribution in [0.25, 0.3) is 6.08 Å². The van der Waals surface area contributed by atoms with Gasteiger partial charge in [0.2, 0.25) is 0 Å². The van der Waals surface area contributed by atoms with Crippen LogP contribution in [-0.2, 0) is 16.1 Å². The first kappa shape index (κ1) is 27.7. The first-order chi connectivity index (χ1) is 18.8. The Labute approximate surface area is 247 Å². The third kappa shape index (κ3) is 5.71. The maximum absolute atomic E-state index is 13.8. The molecular weight excluding hydrogens is 599 g/mol. The first-order valence-electron chi connectivity index (χ1n) is 11.9. The van der Waals surface area contributed by atoms with Gasteiger partial charge >= 0.3 is 5.97 Å². The van der Waals surface area contributed by atoms with E-state index < -0.39 is 12.0 Å². The minimum Gasteiger partial charge on any atom is -0.488 e. The molecule has 0 saturated heterocycles. The van der Waals surface area contributed by atoms with E-state index in [1.165, 1.54) is 22.7 Å². The van der Waals surface area contributed by atoms with Gasteiger partial charge in [0.1, 0.15) is 18.4 Å². The fourth-order valence-electron chi connectivity index (χ4n) is 4.21. The summed E-state index contributed by atoms with van der Waals surface area (Å²) in [5.74, 6) is 0.0345. The minimum atomic E-state index is -0.635. The van der Waals surface area contributed by atoms with E-state index in [0.717, 1.165) is 10.4 Å². The molecule has 0 unspecified atom stereocenters. The molecule has 3 heterocycles. The Bertz CT molecular complexity index is 1770. The normalized spacial score (nSPS) is 15.2. The number of hydrogen-bond acceptors (Lipinski definition) is 7. The van der Waals surface area contributed by atoms with E-state index in [0.29, 0.717) is 47.0 Å². The SMILES string of the molecule is CCOC(=O)C1=C(C)N=c2s/c(=C\c3cc(Cl)ccc3OCc3ccc(Cl)cc3Cl)c(=O)n2[C@@H]1c1cccs1. The summed E-state index contributed by atoms with van der Waals surface area (Å²) in [5, 5.41) is 3.43. The third-order valence-electron chi connectivity index (χ3n) is 5.99. The molecule has 0 spiro atoms. The predicted octanol–water partition coefficient (Wildman–Crippen LogP) is 6.40. The highest BCUT2D eigenvalue weighted by Crippen LogP contribution is 2.33. The van der Waals surface area contributed by atoms with Crippen molar-refractivity contribution < 1.29 is 14.3 Å². The van der Waals surface area contributed by atoms with Crippen LogP contribution in [0, 0.1) is 0 Å². The van der Waals surface area contributed by atoms with Gasteiger partial charge in [-0.15, -0.1) is 11.3 Å². The van der Waals surface area contributed by atoms with E-state index in [1.54, 1.807) is 60.9 Å². The topological polar surface area (TPSA) is 69.9 Å². The van der Waals surface area contributed by atoms with Crippen molar-refractivity contribution in [1.82, 2.24) is 4.57 Å². The number of hydrogen-bond donors (Lipinski definition) is 0. The Morgan fingerprint density at radius 1 is 1.13 bits per heavy atom. The zero-order valence-corrected chi connectivity index (χ0v) is 24.6. The highest BCUT2D eigenvalue weighted by atomic mass is 35.5. The molecule has 200 valence electrons. The second-order valence-electron chi connectivity index (χ2n) is 8.52. The highest BCUT2D eigenvalue weighted by molar-refractivity contribution is 7.10. The molecule has 1 aliphatic heterocycles.